The van der Waals surface area contributed by atoms with Crippen LogP contribution in [0.25, 0.3) is 5.69 Å². The zero-order chi connectivity index (χ0) is 27.4. The van der Waals surface area contributed by atoms with E-state index in [0.717, 1.165) is 17.1 Å². The first-order valence-corrected chi connectivity index (χ1v) is 12.6. The number of hydrogen-bond acceptors (Lipinski definition) is 8. The van der Waals surface area contributed by atoms with Crippen LogP contribution in [0.1, 0.15) is 67.6 Å². The van der Waals surface area contributed by atoms with Crippen molar-refractivity contribution in [3.63, 3.8) is 0 Å². The third-order valence-corrected chi connectivity index (χ3v) is 6.53. The Morgan fingerprint density at radius 1 is 1.11 bits per heavy atom. The van der Waals surface area contributed by atoms with E-state index in [1.807, 2.05) is 42.7 Å². The molecular formula is C27H31ClN4O6. The molecular weight excluding hydrogens is 512 g/mol. The number of aromatic nitrogens is 3. The molecule has 1 aliphatic heterocycles. The van der Waals surface area contributed by atoms with Crippen LogP contribution < -0.4 is 14.8 Å². The van der Waals surface area contributed by atoms with Gasteiger partial charge in [0.15, 0.2) is 17.3 Å². The number of benzene rings is 2. The number of carbonyl (C=O) groups is 2. The molecule has 202 valence electrons. The number of rotatable bonds is 9. The van der Waals surface area contributed by atoms with Crippen LogP contribution in [0.2, 0.25) is 5.02 Å². The van der Waals surface area contributed by atoms with Gasteiger partial charge in [0.1, 0.15) is 18.0 Å². The van der Waals surface area contributed by atoms with E-state index in [1.54, 1.807) is 26.4 Å². The molecule has 0 aliphatic carbocycles. The van der Waals surface area contributed by atoms with Gasteiger partial charge < -0.3 is 24.3 Å². The third-order valence-electron chi connectivity index (χ3n) is 6.30. The van der Waals surface area contributed by atoms with Gasteiger partial charge in [-0.05, 0) is 24.3 Å². The summed E-state index contributed by atoms with van der Waals surface area (Å²) in [6, 6.07) is 11.1. The average Bonchev–Trinajstić information content (AvgIpc) is 3.30. The molecule has 0 bridgehead atoms. The second-order valence-electron chi connectivity index (χ2n) is 9.08. The first kappa shape index (κ1) is 27.4. The summed E-state index contributed by atoms with van der Waals surface area (Å²) in [5, 5.41) is 12.2. The molecule has 11 heteroatoms. The summed E-state index contributed by atoms with van der Waals surface area (Å²) in [5.41, 5.74) is 2.26. The summed E-state index contributed by atoms with van der Waals surface area (Å²) < 4.78 is 24.5. The number of carbonyl (C=O) groups excluding carboxylic acids is 2. The molecule has 3 aromatic rings. The number of fused-ring (bicyclic) bond motifs is 3. The average molecular weight is 543 g/mol. The predicted octanol–water partition coefficient (Wildman–Crippen LogP) is 4.29. The van der Waals surface area contributed by atoms with Crippen molar-refractivity contribution in [1.82, 2.24) is 20.1 Å². The Labute approximate surface area is 226 Å². The number of nitrogens with one attached hydrogen (secondary N) is 1. The van der Waals surface area contributed by atoms with Crippen LogP contribution in [0, 0.1) is 0 Å². The number of methoxy groups -OCH3 is 3. The van der Waals surface area contributed by atoms with Gasteiger partial charge in [0.05, 0.1) is 39.9 Å². The summed E-state index contributed by atoms with van der Waals surface area (Å²) in [5.74, 6) is 1.59. The lowest BCUT2D eigenvalue weighted by molar-refractivity contribution is -0.140. The number of esters is 1. The van der Waals surface area contributed by atoms with Crippen LogP contribution in [0.15, 0.2) is 36.4 Å². The highest BCUT2D eigenvalue weighted by molar-refractivity contribution is 6.30. The van der Waals surface area contributed by atoms with Crippen LogP contribution in [-0.2, 0) is 19.1 Å². The summed E-state index contributed by atoms with van der Waals surface area (Å²) >= 11 is 6.48. The molecule has 1 amide bonds. The number of ether oxygens (including phenoxy) is 4. The van der Waals surface area contributed by atoms with E-state index in [2.05, 4.69) is 20.3 Å². The molecule has 1 N–H and O–H groups in total. The Morgan fingerprint density at radius 2 is 1.89 bits per heavy atom. The molecule has 2 heterocycles. The fourth-order valence-corrected chi connectivity index (χ4v) is 4.70. The van der Waals surface area contributed by atoms with Gasteiger partial charge in [-0.25, -0.2) is 0 Å². The lowest BCUT2D eigenvalue weighted by Crippen LogP contribution is -2.29. The van der Waals surface area contributed by atoms with Crippen molar-refractivity contribution in [1.29, 1.82) is 0 Å². The Balaban J connectivity index is 1.83. The van der Waals surface area contributed by atoms with Crippen LogP contribution >= 0.6 is 11.6 Å². The Morgan fingerprint density at radius 3 is 2.58 bits per heavy atom. The molecule has 2 atom stereocenters. The summed E-state index contributed by atoms with van der Waals surface area (Å²) in [4.78, 5) is 24.4. The fraction of sp³-hybridized carbons (Fsp3) is 0.407. The number of hydrogen-bond donors (Lipinski definition) is 1. The van der Waals surface area contributed by atoms with E-state index >= 15 is 0 Å². The van der Waals surface area contributed by atoms with E-state index in [4.69, 9.17) is 25.8 Å². The monoisotopic (exact) mass is 542 g/mol. The van der Waals surface area contributed by atoms with Crippen LogP contribution in [0.5, 0.6) is 11.5 Å². The number of para-hydroxylation sites is 1. The summed E-state index contributed by atoms with van der Waals surface area (Å²) in [6.45, 7) is 4.19. The second kappa shape index (κ2) is 11.8. The van der Waals surface area contributed by atoms with E-state index in [9.17, 15) is 9.59 Å². The molecule has 2 unspecified atom stereocenters. The van der Waals surface area contributed by atoms with Gasteiger partial charge in [0.2, 0.25) is 5.91 Å². The van der Waals surface area contributed by atoms with Gasteiger partial charge in [0, 0.05) is 28.6 Å². The van der Waals surface area contributed by atoms with Gasteiger partial charge in [0.25, 0.3) is 0 Å². The molecule has 4 rings (SSSR count). The van der Waals surface area contributed by atoms with Gasteiger partial charge >= 0.3 is 5.97 Å². The van der Waals surface area contributed by atoms with Gasteiger partial charge in [-0.2, -0.15) is 0 Å². The summed E-state index contributed by atoms with van der Waals surface area (Å²) in [6.07, 6.45) is -1.44. The zero-order valence-corrected chi connectivity index (χ0v) is 22.7. The van der Waals surface area contributed by atoms with Crippen molar-refractivity contribution >= 4 is 23.5 Å². The minimum atomic E-state index is -0.778. The Kier molecular flexibility index (Phi) is 8.53. The molecule has 2 aromatic carbocycles. The third kappa shape index (κ3) is 5.46. The van der Waals surface area contributed by atoms with Crippen molar-refractivity contribution in [3.05, 3.63) is 64.2 Å². The number of amides is 1. The van der Waals surface area contributed by atoms with Crippen LogP contribution in [-0.4, -0.2) is 54.5 Å². The fourth-order valence-electron chi connectivity index (χ4n) is 4.52. The summed E-state index contributed by atoms with van der Waals surface area (Å²) in [7, 11) is 4.44. The van der Waals surface area contributed by atoms with Gasteiger partial charge in [-0.3, -0.25) is 14.2 Å². The van der Waals surface area contributed by atoms with E-state index in [1.165, 1.54) is 7.11 Å². The Hall–Kier alpha value is -3.63. The van der Waals surface area contributed by atoms with Gasteiger partial charge in [-0.1, -0.05) is 37.6 Å². The molecule has 1 aromatic heterocycles. The van der Waals surface area contributed by atoms with E-state index < -0.39 is 18.2 Å². The lowest BCUT2D eigenvalue weighted by atomic mass is 9.98. The van der Waals surface area contributed by atoms with Crippen molar-refractivity contribution in [3.8, 4) is 17.2 Å². The molecule has 0 saturated heterocycles. The predicted molar refractivity (Wildman–Crippen MR) is 140 cm³/mol. The first-order chi connectivity index (χ1) is 18.3. The molecule has 10 nitrogen and oxygen atoms in total. The molecule has 38 heavy (non-hydrogen) atoms. The smallest absolute Gasteiger partial charge is 0.307 e. The quantitative estimate of drug-likeness (QED) is 0.398. The van der Waals surface area contributed by atoms with Crippen molar-refractivity contribution < 1.29 is 28.5 Å². The SMILES string of the molecule is COC(=O)CCNC(=O)CC1OC(c2cccc(OC)c2OC)c2cc(Cl)ccc2-n2c(C(C)C)nnc21. The highest BCUT2D eigenvalue weighted by Crippen LogP contribution is 2.46. The van der Waals surface area contributed by atoms with Crippen molar-refractivity contribution in [2.75, 3.05) is 27.9 Å². The maximum Gasteiger partial charge on any atom is 0.307 e. The topological polar surface area (TPSA) is 114 Å². The minimum Gasteiger partial charge on any atom is -0.493 e. The maximum atomic E-state index is 13.0. The van der Waals surface area contributed by atoms with E-state index in [0.29, 0.717) is 27.9 Å². The molecule has 0 spiro atoms. The minimum absolute atomic E-state index is 0.0391. The van der Waals surface area contributed by atoms with Crippen LogP contribution in [0.4, 0.5) is 0 Å². The highest BCUT2D eigenvalue weighted by atomic mass is 35.5. The molecule has 0 saturated carbocycles. The maximum absolute atomic E-state index is 13.0. The molecule has 0 fully saturated rings. The van der Waals surface area contributed by atoms with Crippen molar-refractivity contribution in [2.45, 2.75) is 44.8 Å². The number of nitrogens with zero attached hydrogens (tertiary/aromatic N) is 3. The normalized spacial score (nSPS) is 16.3. The molecule has 0 radical (unpaired) electrons. The van der Waals surface area contributed by atoms with E-state index in [-0.39, 0.29) is 31.2 Å². The van der Waals surface area contributed by atoms with Crippen molar-refractivity contribution in [2.24, 2.45) is 0 Å². The standard InChI is InChI=1S/C27H31ClN4O6/c1-15(2)26-30-31-27-21(14-22(33)29-12-11-23(34)36-4)38-24(17-7-6-8-20(35-3)25(17)37-5)18-13-16(28)9-10-19(18)32(26)27/h6-10,13,15,21,24H,11-12,14H2,1-5H3,(H,29,33). The molecule has 1 aliphatic rings. The Bertz CT molecular complexity index is 1320. The number of halogens is 1. The van der Waals surface area contributed by atoms with Crippen LogP contribution in [0.3, 0.4) is 0 Å². The van der Waals surface area contributed by atoms with Gasteiger partial charge in [-0.15, -0.1) is 10.2 Å². The first-order valence-electron chi connectivity index (χ1n) is 12.2. The lowest BCUT2D eigenvalue weighted by Gasteiger charge is -2.25. The highest BCUT2D eigenvalue weighted by Gasteiger charge is 2.37. The largest absolute Gasteiger partial charge is 0.493 e. The zero-order valence-electron chi connectivity index (χ0n) is 22.0. The second-order valence-corrected chi connectivity index (χ2v) is 9.51.